The molecule has 6 nitrogen and oxygen atoms in total. The lowest BCUT2D eigenvalue weighted by Crippen LogP contribution is -2.34. The van der Waals surface area contributed by atoms with Crippen LogP contribution in [-0.2, 0) is 0 Å². The summed E-state index contributed by atoms with van der Waals surface area (Å²) in [6.45, 7) is 2.80. The van der Waals surface area contributed by atoms with Crippen molar-refractivity contribution in [1.29, 1.82) is 0 Å². The summed E-state index contributed by atoms with van der Waals surface area (Å²) in [6.07, 6.45) is -3.64. The molecule has 0 fully saturated rings. The number of alkyl halides is 3. The summed E-state index contributed by atoms with van der Waals surface area (Å²) in [6, 6.07) is 2.26. The first-order chi connectivity index (χ1) is 9.76. The summed E-state index contributed by atoms with van der Waals surface area (Å²) in [4.78, 5) is 15.2. The zero-order chi connectivity index (χ0) is 16.0. The van der Waals surface area contributed by atoms with Crippen molar-refractivity contribution >= 4 is 17.3 Å². The second kappa shape index (κ2) is 7.09. The van der Waals surface area contributed by atoms with Gasteiger partial charge in [-0.2, -0.15) is 13.2 Å². The van der Waals surface area contributed by atoms with Gasteiger partial charge in [-0.3, -0.25) is 10.1 Å². The van der Waals surface area contributed by atoms with Crippen molar-refractivity contribution < 1.29 is 18.1 Å². The van der Waals surface area contributed by atoms with Crippen LogP contribution in [0.25, 0.3) is 0 Å². The van der Waals surface area contributed by atoms with Crippen molar-refractivity contribution in [2.75, 3.05) is 29.9 Å². The summed E-state index contributed by atoms with van der Waals surface area (Å²) in [5.41, 5.74) is -0.292. The Labute approximate surface area is 120 Å². The highest BCUT2D eigenvalue weighted by molar-refractivity contribution is 5.56. The molecule has 1 heterocycles. The SMILES string of the molecule is CCCNc1cc([N+](=O)[O-])cc(N(CC)CC(F)(F)F)n1. The third-order valence-corrected chi connectivity index (χ3v) is 2.64. The Morgan fingerprint density at radius 3 is 2.52 bits per heavy atom. The van der Waals surface area contributed by atoms with E-state index in [4.69, 9.17) is 0 Å². The predicted octanol–water partition coefficient (Wildman–Crippen LogP) is 3.20. The molecule has 9 heteroatoms. The van der Waals surface area contributed by atoms with Crippen molar-refractivity contribution in [3.63, 3.8) is 0 Å². The van der Waals surface area contributed by atoms with Gasteiger partial charge in [-0.05, 0) is 13.3 Å². The predicted molar refractivity (Wildman–Crippen MR) is 73.6 cm³/mol. The number of hydrogen-bond acceptors (Lipinski definition) is 5. The molecule has 0 aliphatic heterocycles. The molecule has 0 radical (unpaired) electrons. The van der Waals surface area contributed by atoms with E-state index in [1.54, 1.807) is 0 Å². The maximum Gasteiger partial charge on any atom is 0.405 e. The number of anilines is 2. The van der Waals surface area contributed by atoms with Gasteiger partial charge in [-0.15, -0.1) is 0 Å². The lowest BCUT2D eigenvalue weighted by molar-refractivity contribution is -0.384. The van der Waals surface area contributed by atoms with Gasteiger partial charge in [0.15, 0.2) is 0 Å². The minimum absolute atomic E-state index is 0.0426. The van der Waals surface area contributed by atoms with Gasteiger partial charge in [0.05, 0.1) is 17.1 Å². The van der Waals surface area contributed by atoms with E-state index in [9.17, 15) is 23.3 Å². The van der Waals surface area contributed by atoms with Gasteiger partial charge in [-0.1, -0.05) is 6.92 Å². The molecular weight excluding hydrogens is 289 g/mol. The minimum atomic E-state index is -4.40. The smallest absolute Gasteiger partial charge is 0.370 e. The Bertz CT molecular complexity index is 494. The van der Waals surface area contributed by atoms with Gasteiger partial charge >= 0.3 is 6.18 Å². The standard InChI is InChI=1S/C12H17F3N4O2/c1-3-5-16-10-6-9(19(20)21)7-11(17-10)18(4-2)8-12(13,14)15/h6-7H,3-5,8H2,1-2H3,(H,16,17). The van der Waals surface area contributed by atoms with Crippen LogP contribution >= 0.6 is 0 Å². The molecule has 0 saturated carbocycles. The van der Waals surface area contributed by atoms with Crippen molar-refractivity contribution in [3.05, 3.63) is 22.2 Å². The minimum Gasteiger partial charge on any atom is -0.370 e. The van der Waals surface area contributed by atoms with E-state index in [1.165, 1.54) is 13.0 Å². The maximum atomic E-state index is 12.5. The number of nitrogens with one attached hydrogen (secondary N) is 1. The third-order valence-electron chi connectivity index (χ3n) is 2.64. The Hall–Kier alpha value is -2.06. The summed E-state index contributed by atoms with van der Waals surface area (Å²) >= 11 is 0. The molecule has 0 saturated heterocycles. The van der Waals surface area contributed by atoms with E-state index in [-0.39, 0.29) is 23.9 Å². The van der Waals surface area contributed by atoms with Crippen LogP contribution in [0.2, 0.25) is 0 Å². The Balaban J connectivity index is 3.13. The van der Waals surface area contributed by atoms with Gasteiger partial charge in [0.1, 0.15) is 18.2 Å². The molecule has 1 N–H and O–H groups in total. The first kappa shape index (κ1) is 17.0. The van der Waals surface area contributed by atoms with E-state index < -0.39 is 17.6 Å². The van der Waals surface area contributed by atoms with Crippen molar-refractivity contribution in [3.8, 4) is 0 Å². The van der Waals surface area contributed by atoms with Gasteiger partial charge in [0, 0.05) is 13.1 Å². The van der Waals surface area contributed by atoms with Crippen molar-refractivity contribution in [1.82, 2.24) is 4.98 Å². The van der Waals surface area contributed by atoms with E-state index in [0.717, 1.165) is 17.4 Å². The molecule has 0 aliphatic rings. The zero-order valence-electron chi connectivity index (χ0n) is 11.8. The average molecular weight is 306 g/mol. The number of hydrogen-bond donors (Lipinski definition) is 1. The Kier molecular flexibility index (Phi) is 5.74. The molecule has 21 heavy (non-hydrogen) atoms. The molecule has 0 aromatic carbocycles. The first-order valence-electron chi connectivity index (χ1n) is 6.48. The summed E-state index contributed by atoms with van der Waals surface area (Å²) in [5.74, 6) is 0.129. The normalized spacial score (nSPS) is 11.3. The molecule has 1 aromatic rings. The third kappa shape index (κ3) is 5.44. The van der Waals surface area contributed by atoms with E-state index in [1.807, 2.05) is 6.92 Å². The lowest BCUT2D eigenvalue weighted by atomic mass is 10.3. The van der Waals surface area contributed by atoms with Crippen LogP contribution in [0.5, 0.6) is 0 Å². The molecule has 1 aromatic heterocycles. The number of nitrogens with zero attached hydrogens (tertiary/aromatic N) is 3. The molecule has 0 aliphatic carbocycles. The molecule has 0 spiro atoms. The molecule has 0 amide bonds. The van der Waals surface area contributed by atoms with Crippen LogP contribution in [0.1, 0.15) is 20.3 Å². The van der Waals surface area contributed by atoms with Crippen LogP contribution in [0.4, 0.5) is 30.5 Å². The van der Waals surface area contributed by atoms with Crippen LogP contribution in [-0.4, -0.2) is 35.7 Å². The van der Waals surface area contributed by atoms with E-state index in [0.29, 0.717) is 6.54 Å². The number of pyridine rings is 1. The lowest BCUT2D eigenvalue weighted by Gasteiger charge is -2.23. The molecule has 0 bridgehead atoms. The average Bonchev–Trinajstić information content (AvgIpc) is 2.41. The highest BCUT2D eigenvalue weighted by Gasteiger charge is 2.31. The largest absolute Gasteiger partial charge is 0.405 e. The number of rotatable bonds is 7. The van der Waals surface area contributed by atoms with Crippen molar-refractivity contribution in [2.45, 2.75) is 26.4 Å². The number of aromatic nitrogens is 1. The fraction of sp³-hybridized carbons (Fsp3) is 0.583. The highest BCUT2D eigenvalue weighted by Crippen LogP contribution is 2.26. The van der Waals surface area contributed by atoms with Crippen LogP contribution < -0.4 is 10.2 Å². The number of nitro groups is 1. The summed E-state index contributed by atoms with van der Waals surface area (Å²) in [7, 11) is 0. The fourth-order valence-electron chi connectivity index (χ4n) is 1.68. The van der Waals surface area contributed by atoms with Crippen molar-refractivity contribution in [2.24, 2.45) is 0 Å². The van der Waals surface area contributed by atoms with Crippen LogP contribution in [0.15, 0.2) is 12.1 Å². The zero-order valence-corrected chi connectivity index (χ0v) is 11.8. The molecule has 0 atom stereocenters. The van der Waals surface area contributed by atoms with E-state index >= 15 is 0 Å². The fourth-order valence-corrected chi connectivity index (χ4v) is 1.68. The Morgan fingerprint density at radius 2 is 2.05 bits per heavy atom. The molecule has 1 rings (SSSR count). The van der Waals surface area contributed by atoms with Gasteiger partial charge in [0.2, 0.25) is 0 Å². The first-order valence-corrected chi connectivity index (χ1v) is 6.48. The Morgan fingerprint density at radius 1 is 1.38 bits per heavy atom. The topological polar surface area (TPSA) is 71.3 Å². The quantitative estimate of drug-likeness (QED) is 0.618. The number of halogens is 3. The highest BCUT2D eigenvalue weighted by atomic mass is 19.4. The maximum absolute atomic E-state index is 12.5. The monoisotopic (exact) mass is 306 g/mol. The molecule has 118 valence electrons. The molecular formula is C12H17F3N4O2. The van der Waals surface area contributed by atoms with Gasteiger partial charge in [-0.25, -0.2) is 4.98 Å². The molecule has 0 unspecified atom stereocenters. The van der Waals surface area contributed by atoms with Gasteiger partial charge < -0.3 is 10.2 Å². The van der Waals surface area contributed by atoms with Crippen LogP contribution in [0, 0.1) is 10.1 Å². The van der Waals surface area contributed by atoms with Gasteiger partial charge in [0.25, 0.3) is 5.69 Å². The second-order valence-electron chi connectivity index (χ2n) is 4.38. The summed E-state index contributed by atoms with van der Waals surface area (Å²) < 4.78 is 37.6. The summed E-state index contributed by atoms with van der Waals surface area (Å²) in [5, 5.41) is 13.7. The van der Waals surface area contributed by atoms with E-state index in [2.05, 4.69) is 10.3 Å². The van der Waals surface area contributed by atoms with Crippen LogP contribution in [0.3, 0.4) is 0 Å². The second-order valence-corrected chi connectivity index (χ2v) is 4.38.